The van der Waals surface area contributed by atoms with Gasteiger partial charge >= 0.3 is 5.97 Å². The fraction of sp³-hybridized carbons (Fsp3) is 0.200. The standard InChI is InChI=1S/C9H6FNO2.CH4O/c1-13-9(12)8-4-7(10)3-2-6(8)5-11;1-2/h2-4H,1H3;2H,1H3. The highest BCUT2D eigenvalue weighted by molar-refractivity contribution is 5.92. The van der Waals surface area contributed by atoms with Crippen LogP contribution in [0.4, 0.5) is 4.39 Å². The minimum absolute atomic E-state index is 0.0509. The third-order valence-corrected chi connectivity index (χ3v) is 1.51. The minimum Gasteiger partial charge on any atom is -0.465 e. The normalized spacial score (nSPS) is 8.20. The highest BCUT2D eigenvalue weighted by atomic mass is 19.1. The number of hydrogen-bond acceptors (Lipinski definition) is 4. The zero-order chi connectivity index (χ0) is 11.8. The molecule has 5 heteroatoms. The van der Waals surface area contributed by atoms with Crippen LogP contribution in [0.5, 0.6) is 0 Å². The number of methoxy groups -OCH3 is 1. The van der Waals surface area contributed by atoms with Gasteiger partial charge in [0.1, 0.15) is 11.9 Å². The molecule has 1 N–H and O–H groups in total. The van der Waals surface area contributed by atoms with Crippen LogP contribution in [-0.2, 0) is 4.74 Å². The number of benzene rings is 1. The lowest BCUT2D eigenvalue weighted by atomic mass is 10.1. The molecule has 1 rings (SSSR count). The maximum absolute atomic E-state index is 12.7. The van der Waals surface area contributed by atoms with E-state index in [1.165, 1.54) is 13.2 Å². The van der Waals surface area contributed by atoms with Crippen LogP contribution < -0.4 is 0 Å². The first-order valence-electron chi connectivity index (χ1n) is 3.91. The smallest absolute Gasteiger partial charge is 0.339 e. The Morgan fingerprint density at radius 1 is 1.53 bits per heavy atom. The summed E-state index contributed by atoms with van der Waals surface area (Å²) in [6, 6.07) is 5.10. The molecule has 0 amide bonds. The van der Waals surface area contributed by atoms with Gasteiger partial charge in [0.2, 0.25) is 0 Å². The highest BCUT2D eigenvalue weighted by Gasteiger charge is 2.11. The molecule has 1 aromatic carbocycles. The third-order valence-electron chi connectivity index (χ3n) is 1.51. The van der Waals surface area contributed by atoms with Gasteiger partial charge in [-0.25, -0.2) is 9.18 Å². The third kappa shape index (κ3) is 3.37. The predicted molar refractivity (Wildman–Crippen MR) is 50.6 cm³/mol. The summed E-state index contributed by atoms with van der Waals surface area (Å²) in [5.41, 5.74) is 0.0539. The van der Waals surface area contributed by atoms with E-state index >= 15 is 0 Å². The zero-order valence-corrected chi connectivity index (χ0v) is 8.32. The molecule has 1 aromatic rings. The lowest BCUT2D eigenvalue weighted by Gasteiger charge is -2.00. The largest absolute Gasteiger partial charge is 0.465 e. The molecule has 15 heavy (non-hydrogen) atoms. The SMILES string of the molecule is CO.COC(=O)c1cc(F)ccc1C#N. The number of carbonyl (C=O) groups is 1. The first kappa shape index (κ1) is 13.1. The van der Waals surface area contributed by atoms with Gasteiger partial charge in [-0.2, -0.15) is 5.26 Å². The van der Waals surface area contributed by atoms with E-state index in [0.717, 1.165) is 19.2 Å². The Bertz CT molecular complexity index is 385. The lowest BCUT2D eigenvalue weighted by Crippen LogP contribution is -2.04. The van der Waals surface area contributed by atoms with Crippen LogP contribution >= 0.6 is 0 Å². The van der Waals surface area contributed by atoms with Crippen molar-refractivity contribution in [3.63, 3.8) is 0 Å². The van der Waals surface area contributed by atoms with Crippen LogP contribution in [0, 0.1) is 17.1 Å². The van der Waals surface area contributed by atoms with Gasteiger partial charge < -0.3 is 9.84 Å². The number of rotatable bonds is 1. The second-order valence-corrected chi connectivity index (χ2v) is 2.29. The average Bonchev–Trinajstić information content (AvgIpc) is 2.30. The summed E-state index contributed by atoms with van der Waals surface area (Å²) in [5, 5.41) is 15.6. The van der Waals surface area contributed by atoms with Crippen molar-refractivity contribution in [2.45, 2.75) is 0 Å². The topological polar surface area (TPSA) is 70.3 Å². The van der Waals surface area contributed by atoms with Gasteiger partial charge in [-0.05, 0) is 18.2 Å². The van der Waals surface area contributed by atoms with Gasteiger partial charge in [-0.1, -0.05) is 0 Å². The van der Waals surface area contributed by atoms with Crippen LogP contribution in [0.15, 0.2) is 18.2 Å². The number of halogens is 1. The summed E-state index contributed by atoms with van der Waals surface area (Å²) in [4.78, 5) is 11.0. The molecule has 0 spiro atoms. The monoisotopic (exact) mass is 211 g/mol. The average molecular weight is 211 g/mol. The van der Waals surface area contributed by atoms with Crippen molar-refractivity contribution >= 4 is 5.97 Å². The van der Waals surface area contributed by atoms with Gasteiger partial charge in [0.05, 0.1) is 18.2 Å². The predicted octanol–water partition coefficient (Wildman–Crippen LogP) is 1.09. The summed E-state index contributed by atoms with van der Waals surface area (Å²) in [6.45, 7) is 0. The maximum atomic E-state index is 12.7. The Balaban J connectivity index is 0.000000921. The van der Waals surface area contributed by atoms with Crippen molar-refractivity contribution in [2.24, 2.45) is 0 Å². The van der Waals surface area contributed by atoms with Gasteiger partial charge in [-0.15, -0.1) is 0 Å². The molecule has 0 fully saturated rings. The molecule has 0 unspecified atom stereocenters. The molecule has 0 radical (unpaired) electrons. The number of aliphatic hydroxyl groups excluding tert-OH is 1. The lowest BCUT2D eigenvalue weighted by molar-refractivity contribution is 0.0600. The molecule has 0 saturated heterocycles. The molecule has 0 aliphatic heterocycles. The van der Waals surface area contributed by atoms with Crippen molar-refractivity contribution in [1.29, 1.82) is 5.26 Å². The van der Waals surface area contributed by atoms with Gasteiger partial charge in [0.15, 0.2) is 0 Å². The van der Waals surface area contributed by atoms with E-state index in [9.17, 15) is 9.18 Å². The van der Waals surface area contributed by atoms with Crippen LogP contribution in [0.2, 0.25) is 0 Å². The number of ether oxygens (including phenoxy) is 1. The molecule has 0 aliphatic carbocycles. The van der Waals surface area contributed by atoms with Gasteiger partial charge in [0, 0.05) is 7.11 Å². The zero-order valence-electron chi connectivity index (χ0n) is 8.32. The van der Waals surface area contributed by atoms with Crippen molar-refractivity contribution in [3.05, 3.63) is 35.1 Å². The summed E-state index contributed by atoms with van der Waals surface area (Å²) in [6.07, 6.45) is 0. The Morgan fingerprint density at radius 2 is 2.13 bits per heavy atom. The summed E-state index contributed by atoms with van der Waals surface area (Å²) in [5.74, 6) is -1.28. The first-order chi connectivity index (χ1) is 7.19. The molecule has 80 valence electrons. The maximum Gasteiger partial charge on any atom is 0.339 e. The Labute approximate surface area is 86.5 Å². The second kappa shape index (κ2) is 6.51. The number of nitriles is 1. The molecule has 4 nitrogen and oxygen atoms in total. The summed E-state index contributed by atoms with van der Waals surface area (Å²) < 4.78 is 17.0. The Morgan fingerprint density at radius 3 is 2.60 bits per heavy atom. The van der Waals surface area contributed by atoms with Crippen LogP contribution in [0.1, 0.15) is 15.9 Å². The van der Waals surface area contributed by atoms with Gasteiger partial charge in [-0.3, -0.25) is 0 Å². The van der Waals surface area contributed by atoms with E-state index in [-0.39, 0.29) is 11.1 Å². The van der Waals surface area contributed by atoms with E-state index in [1.807, 2.05) is 0 Å². The number of hydrogen-bond donors (Lipinski definition) is 1. The minimum atomic E-state index is -0.712. The van der Waals surface area contributed by atoms with E-state index in [2.05, 4.69) is 4.74 Å². The van der Waals surface area contributed by atoms with E-state index in [1.54, 1.807) is 6.07 Å². The fourth-order valence-corrected chi connectivity index (χ4v) is 0.893. The van der Waals surface area contributed by atoms with Gasteiger partial charge in [0.25, 0.3) is 0 Å². The second-order valence-electron chi connectivity index (χ2n) is 2.29. The van der Waals surface area contributed by atoms with Crippen molar-refractivity contribution < 1.29 is 19.0 Å². The molecular formula is C10H10FNO3. The molecule has 0 heterocycles. The highest BCUT2D eigenvalue weighted by Crippen LogP contribution is 2.11. The number of carbonyl (C=O) groups excluding carboxylic acids is 1. The quantitative estimate of drug-likeness (QED) is 0.706. The molecule has 0 bridgehead atoms. The number of nitrogens with zero attached hydrogens (tertiary/aromatic N) is 1. The van der Waals surface area contributed by atoms with Crippen LogP contribution in [0.3, 0.4) is 0 Å². The van der Waals surface area contributed by atoms with Crippen LogP contribution in [-0.4, -0.2) is 25.3 Å². The van der Waals surface area contributed by atoms with Crippen LogP contribution in [0.25, 0.3) is 0 Å². The molecule has 0 aliphatic rings. The van der Waals surface area contributed by atoms with E-state index in [0.29, 0.717) is 0 Å². The Hall–Kier alpha value is -1.93. The Kier molecular flexibility index (Phi) is 5.67. The first-order valence-corrected chi connectivity index (χ1v) is 3.91. The number of esters is 1. The summed E-state index contributed by atoms with van der Waals surface area (Å²) >= 11 is 0. The van der Waals surface area contributed by atoms with Crippen molar-refractivity contribution in [2.75, 3.05) is 14.2 Å². The molecule has 0 saturated carbocycles. The molecule has 0 aromatic heterocycles. The van der Waals surface area contributed by atoms with E-state index in [4.69, 9.17) is 10.4 Å². The number of aliphatic hydroxyl groups is 1. The summed E-state index contributed by atoms with van der Waals surface area (Å²) in [7, 11) is 2.17. The van der Waals surface area contributed by atoms with Crippen molar-refractivity contribution in [1.82, 2.24) is 0 Å². The van der Waals surface area contributed by atoms with E-state index < -0.39 is 11.8 Å². The fourth-order valence-electron chi connectivity index (χ4n) is 0.893. The van der Waals surface area contributed by atoms with Crippen molar-refractivity contribution in [3.8, 4) is 6.07 Å². The molecular weight excluding hydrogens is 201 g/mol. The molecule has 0 atom stereocenters.